The second-order valence-corrected chi connectivity index (χ2v) is 5.67. The third-order valence-corrected chi connectivity index (χ3v) is 4.34. The average Bonchev–Trinajstić information content (AvgIpc) is 3.09. The average molecular weight is 339 g/mol. The molecule has 8 heteroatoms. The maximum absolute atomic E-state index is 14.0. The number of nitrogen functional groups attached to an aromatic ring is 1. The zero-order valence-corrected chi connectivity index (χ0v) is 13.5. The van der Waals surface area contributed by atoms with E-state index in [-0.39, 0.29) is 11.2 Å². The van der Waals surface area contributed by atoms with Gasteiger partial charge in [0, 0.05) is 16.5 Å². The van der Waals surface area contributed by atoms with Gasteiger partial charge in [0.2, 0.25) is 0 Å². The number of nitrogens with two attached hydrogens (primary N) is 1. The number of pyridine rings is 2. The first-order valence-electron chi connectivity index (χ1n) is 7.50. The topological polar surface area (TPSA) is 110 Å². The van der Waals surface area contributed by atoms with E-state index >= 15 is 0 Å². The van der Waals surface area contributed by atoms with E-state index in [0.29, 0.717) is 33.3 Å². The fourth-order valence-electron chi connectivity index (χ4n) is 3.05. The maximum atomic E-state index is 14.0. The molecule has 0 spiro atoms. The minimum Gasteiger partial charge on any atom is -0.495 e. The first kappa shape index (κ1) is 15.1. The molecule has 0 bridgehead atoms. The molecule has 126 valence electrons. The van der Waals surface area contributed by atoms with Gasteiger partial charge in [-0.15, -0.1) is 0 Å². The van der Waals surface area contributed by atoms with Crippen LogP contribution in [-0.2, 0) is 0 Å². The quantitative estimate of drug-likeness (QED) is 0.520. The summed E-state index contributed by atoms with van der Waals surface area (Å²) in [6.45, 7) is 1.82. The van der Waals surface area contributed by atoms with Gasteiger partial charge in [-0.1, -0.05) is 6.07 Å². The molecule has 0 saturated heterocycles. The molecule has 4 N–H and O–H groups in total. The van der Waals surface area contributed by atoms with E-state index in [1.165, 1.54) is 19.4 Å². The molecule has 1 aromatic carbocycles. The maximum Gasteiger partial charge on any atom is 0.272 e. The van der Waals surface area contributed by atoms with Gasteiger partial charge in [0.05, 0.1) is 30.5 Å². The summed E-state index contributed by atoms with van der Waals surface area (Å²) in [6.07, 6.45) is 3.06. The number of methoxy groups -OCH3 is 1. The molecule has 7 nitrogen and oxygen atoms in total. The molecular formula is C17H14FN5O2. The van der Waals surface area contributed by atoms with E-state index in [1.54, 1.807) is 12.3 Å². The largest absolute Gasteiger partial charge is 0.495 e. The van der Waals surface area contributed by atoms with Gasteiger partial charge < -0.3 is 15.5 Å². The SMILES string of the molecule is COc1cnc2c(-c3ccc(F)c4[nH]ncc34)c(N)c(=O)[nH]c2c1C. The lowest BCUT2D eigenvalue weighted by atomic mass is 9.98. The molecule has 0 saturated carbocycles. The number of aromatic amines is 2. The van der Waals surface area contributed by atoms with E-state index in [4.69, 9.17) is 10.5 Å². The smallest absolute Gasteiger partial charge is 0.272 e. The Bertz CT molecular complexity index is 1200. The summed E-state index contributed by atoms with van der Waals surface area (Å²) in [6, 6.07) is 2.87. The molecular weight excluding hydrogens is 325 g/mol. The predicted octanol–water partition coefficient (Wildman–Crippen LogP) is 2.50. The molecule has 3 aromatic heterocycles. The Morgan fingerprint density at radius 2 is 2.04 bits per heavy atom. The fourth-order valence-corrected chi connectivity index (χ4v) is 3.05. The highest BCUT2D eigenvalue weighted by Gasteiger charge is 2.19. The van der Waals surface area contributed by atoms with Gasteiger partial charge in [-0.3, -0.25) is 14.9 Å². The van der Waals surface area contributed by atoms with Crippen molar-refractivity contribution in [3.05, 3.63) is 46.3 Å². The van der Waals surface area contributed by atoms with Crippen molar-refractivity contribution in [2.45, 2.75) is 6.92 Å². The van der Waals surface area contributed by atoms with Crippen LogP contribution in [0.1, 0.15) is 5.56 Å². The van der Waals surface area contributed by atoms with Crippen LogP contribution in [0.4, 0.5) is 10.1 Å². The van der Waals surface area contributed by atoms with E-state index < -0.39 is 11.4 Å². The summed E-state index contributed by atoms with van der Waals surface area (Å²) in [5.74, 6) is 0.112. The van der Waals surface area contributed by atoms with Crippen molar-refractivity contribution in [3.63, 3.8) is 0 Å². The minimum atomic E-state index is -0.443. The number of hydrogen-bond acceptors (Lipinski definition) is 5. The van der Waals surface area contributed by atoms with Crippen LogP contribution in [0.25, 0.3) is 33.1 Å². The lowest BCUT2D eigenvalue weighted by molar-refractivity contribution is 0.410. The predicted molar refractivity (Wildman–Crippen MR) is 93.1 cm³/mol. The number of H-pyrrole nitrogens is 2. The molecule has 0 amide bonds. The van der Waals surface area contributed by atoms with Crippen LogP contribution in [0.5, 0.6) is 5.75 Å². The molecule has 0 unspecified atom stereocenters. The van der Waals surface area contributed by atoms with Crippen LogP contribution >= 0.6 is 0 Å². The molecule has 0 radical (unpaired) electrons. The molecule has 0 atom stereocenters. The van der Waals surface area contributed by atoms with Gasteiger partial charge in [0.1, 0.15) is 22.8 Å². The van der Waals surface area contributed by atoms with Gasteiger partial charge in [0.25, 0.3) is 5.56 Å². The number of hydrogen-bond donors (Lipinski definition) is 3. The van der Waals surface area contributed by atoms with E-state index in [1.807, 2.05) is 6.92 Å². The molecule has 4 aromatic rings. The first-order chi connectivity index (χ1) is 12.0. The van der Waals surface area contributed by atoms with Crippen molar-refractivity contribution >= 4 is 27.6 Å². The summed E-state index contributed by atoms with van der Waals surface area (Å²) < 4.78 is 19.2. The standard InChI is InChI=1S/C17H14FN5O2/c1-7-11(25-2)6-20-16-12(13(19)17(24)22-14(7)16)8-3-4-10(18)15-9(8)5-21-23-15/h3-6H,19H2,1-2H3,(H,21,23)(H,22,24). The number of fused-ring (bicyclic) bond motifs is 2. The van der Waals surface area contributed by atoms with Crippen molar-refractivity contribution in [3.8, 4) is 16.9 Å². The molecule has 4 rings (SSSR count). The summed E-state index contributed by atoms with van der Waals surface area (Å²) in [5, 5.41) is 7.03. The lowest BCUT2D eigenvalue weighted by Gasteiger charge is -2.13. The Morgan fingerprint density at radius 3 is 2.80 bits per heavy atom. The molecule has 0 aliphatic heterocycles. The zero-order chi connectivity index (χ0) is 17.7. The van der Waals surface area contributed by atoms with Crippen molar-refractivity contribution in [2.24, 2.45) is 0 Å². The van der Waals surface area contributed by atoms with Crippen LogP contribution in [0, 0.1) is 12.7 Å². The summed E-state index contributed by atoms with van der Waals surface area (Å²) in [4.78, 5) is 19.5. The highest BCUT2D eigenvalue weighted by molar-refractivity contribution is 6.06. The zero-order valence-electron chi connectivity index (χ0n) is 13.5. The number of aryl methyl sites for hydroxylation is 1. The van der Waals surface area contributed by atoms with Gasteiger partial charge in [-0.05, 0) is 18.6 Å². The normalized spacial score (nSPS) is 11.3. The van der Waals surface area contributed by atoms with Crippen LogP contribution in [-0.4, -0.2) is 27.3 Å². The Balaban J connectivity index is 2.19. The number of nitrogens with zero attached hydrogens (tertiary/aromatic N) is 2. The highest BCUT2D eigenvalue weighted by Crippen LogP contribution is 2.37. The summed E-state index contributed by atoms with van der Waals surface area (Å²) in [5.41, 5.74) is 8.66. The third kappa shape index (κ3) is 2.07. The monoisotopic (exact) mass is 339 g/mol. The third-order valence-electron chi connectivity index (χ3n) is 4.34. The number of benzene rings is 1. The first-order valence-corrected chi connectivity index (χ1v) is 7.50. The minimum absolute atomic E-state index is 0.0127. The van der Waals surface area contributed by atoms with Crippen molar-refractivity contribution in [1.82, 2.24) is 20.2 Å². The number of nitrogens with one attached hydrogen (secondary N) is 2. The van der Waals surface area contributed by atoms with Gasteiger partial charge in [-0.25, -0.2) is 4.39 Å². The number of rotatable bonds is 2. The van der Waals surface area contributed by atoms with Gasteiger partial charge >= 0.3 is 0 Å². The molecule has 0 aliphatic carbocycles. The summed E-state index contributed by atoms with van der Waals surface area (Å²) >= 11 is 0. The van der Waals surface area contributed by atoms with Crippen molar-refractivity contribution in [1.29, 1.82) is 0 Å². The number of anilines is 1. The fraction of sp³-hybridized carbons (Fsp3) is 0.118. The summed E-state index contributed by atoms with van der Waals surface area (Å²) in [7, 11) is 1.53. The van der Waals surface area contributed by atoms with Crippen LogP contribution < -0.4 is 16.0 Å². The Hall–Kier alpha value is -3.42. The van der Waals surface area contributed by atoms with Crippen molar-refractivity contribution in [2.75, 3.05) is 12.8 Å². The lowest BCUT2D eigenvalue weighted by Crippen LogP contribution is -2.15. The number of halogens is 1. The molecule has 25 heavy (non-hydrogen) atoms. The van der Waals surface area contributed by atoms with Crippen LogP contribution in [0.2, 0.25) is 0 Å². The van der Waals surface area contributed by atoms with Crippen molar-refractivity contribution < 1.29 is 9.13 Å². The van der Waals surface area contributed by atoms with Crippen LogP contribution in [0.15, 0.2) is 29.3 Å². The van der Waals surface area contributed by atoms with Crippen LogP contribution in [0.3, 0.4) is 0 Å². The molecule has 0 aliphatic rings. The highest BCUT2D eigenvalue weighted by atomic mass is 19.1. The number of aromatic nitrogens is 4. The second kappa shape index (κ2) is 5.30. The van der Waals surface area contributed by atoms with Gasteiger partial charge in [0.15, 0.2) is 0 Å². The number of ether oxygens (including phenoxy) is 1. The molecule has 0 fully saturated rings. The Kier molecular flexibility index (Phi) is 3.21. The van der Waals surface area contributed by atoms with E-state index in [0.717, 1.165) is 5.56 Å². The van der Waals surface area contributed by atoms with E-state index in [2.05, 4.69) is 20.2 Å². The Labute approximate surface area is 140 Å². The molecule has 3 heterocycles. The van der Waals surface area contributed by atoms with E-state index in [9.17, 15) is 9.18 Å². The van der Waals surface area contributed by atoms with Gasteiger partial charge in [-0.2, -0.15) is 5.10 Å². The Morgan fingerprint density at radius 1 is 1.24 bits per heavy atom. The second-order valence-electron chi connectivity index (χ2n) is 5.67.